The molecule has 3 heterocycles. The minimum absolute atomic E-state index is 0.608. The van der Waals surface area contributed by atoms with Crippen LogP contribution in [-0.4, -0.2) is 39.7 Å². The van der Waals surface area contributed by atoms with Gasteiger partial charge in [0.1, 0.15) is 0 Å². The third-order valence-electron chi connectivity index (χ3n) is 4.10. The minimum atomic E-state index is 0.608. The molecule has 0 aromatic carbocycles. The fourth-order valence-electron chi connectivity index (χ4n) is 3.02. The van der Waals surface area contributed by atoms with Crippen molar-refractivity contribution >= 4 is 0 Å². The average molecular weight is 270 g/mol. The van der Waals surface area contributed by atoms with Crippen LogP contribution in [0, 0.1) is 6.92 Å². The Morgan fingerprint density at radius 2 is 2.30 bits per heavy atom. The SMILES string of the molecule is Cc1cccc(CCN2CCCC(c3ccn[nH]3)C2)n1. The maximum Gasteiger partial charge on any atom is 0.0490 e. The van der Waals surface area contributed by atoms with Crippen molar-refractivity contribution < 1.29 is 0 Å². The molecule has 1 N–H and O–H groups in total. The lowest BCUT2D eigenvalue weighted by molar-refractivity contribution is 0.208. The fraction of sp³-hybridized carbons (Fsp3) is 0.500. The monoisotopic (exact) mass is 270 g/mol. The van der Waals surface area contributed by atoms with Crippen molar-refractivity contribution in [2.24, 2.45) is 0 Å². The number of piperidine rings is 1. The number of pyridine rings is 1. The highest BCUT2D eigenvalue weighted by Crippen LogP contribution is 2.25. The zero-order chi connectivity index (χ0) is 13.8. The Labute approximate surface area is 120 Å². The van der Waals surface area contributed by atoms with Crippen molar-refractivity contribution in [3.05, 3.63) is 47.5 Å². The van der Waals surface area contributed by atoms with E-state index in [-0.39, 0.29) is 0 Å². The molecule has 106 valence electrons. The summed E-state index contributed by atoms with van der Waals surface area (Å²) in [6.45, 7) is 5.49. The average Bonchev–Trinajstić information content (AvgIpc) is 3.00. The Kier molecular flexibility index (Phi) is 4.11. The molecule has 1 aliphatic rings. The molecule has 2 aromatic heterocycles. The third kappa shape index (κ3) is 3.25. The Balaban J connectivity index is 1.55. The van der Waals surface area contributed by atoms with E-state index >= 15 is 0 Å². The summed E-state index contributed by atoms with van der Waals surface area (Å²) in [5, 5.41) is 7.19. The molecule has 3 rings (SSSR count). The number of hydrogen-bond donors (Lipinski definition) is 1. The van der Waals surface area contributed by atoms with Crippen molar-refractivity contribution in [2.45, 2.75) is 32.1 Å². The van der Waals surface area contributed by atoms with Crippen LogP contribution in [0.25, 0.3) is 0 Å². The number of H-pyrrole nitrogens is 1. The van der Waals surface area contributed by atoms with E-state index in [0.29, 0.717) is 5.92 Å². The molecule has 1 aliphatic heterocycles. The molecule has 0 radical (unpaired) electrons. The van der Waals surface area contributed by atoms with Crippen LogP contribution in [0.2, 0.25) is 0 Å². The fourth-order valence-corrected chi connectivity index (χ4v) is 3.02. The molecular formula is C16H22N4. The van der Waals surface area contributed by atoms with Gasteiger partial charge < -0.3 is 4.90 Å². The van der Waals surface area contributed by atoms with Crippen molar-refractivity contribution in [1.82, 2.24) is 20.1 Å². The normalized spacial score (nSPS) is 20.1. The van der Waals surface area contributed by atoms with Gasteiger partial charge in [-0.15, -0.1) is 0 Å². The highest BCUT2D eigenvalue weighted by Gasteiger charge is 2.21. The lowest BCUT2D eigenvalue weighted by Crippen LogP contribution is -2.36. The van der Waals surface area contributed by atoms with Gasteiger partial charge in [0.25, 0.3) is 0 Å². The second kappa shape index (κ2) is 6.18. The van der Waals surface area contributed by atoms with Gasteiger partial charge in [0, 0.05) is 48.7 Å². The second-order valence-corrected chi connectivity index (χ2v) is 5.67. The zero-order valence-corrected chi connectivity index (χ0v) is 12.0. The summed E-state index contributed by atoms with van der Waals surface area (Å²) in [6, 6.07) is 8.39. The number of rotatable bonds is 4. The molecule has 0 spiro atoms. The number of aromatic amines is 1. The van der Waals surface area contributed by atoms with Crippen molar-refractivity contribution in [1.29, 1.82) is 0 Å². The third-order valence-corrected chi connectivity index (χ3v) is 4.10. The Morgan fingerprint density at radius 3 is 3.10 bits per heavy atom. The van der Waals surface area contributed by atoms with E-state index < -0.39 is 0 Å². The summed E-state index contributed by atoms with van der Waals surface area (Å²) in [5.74, 6) is 0.608. The molecule has 0 bridgehead atoms. The molecule has 4 nitrogen and oxygen atoms in total. The molecule has 20 heavy (non-hydrogen) atoms. The Hall–Kier alpha value is -1.68. The maximum absolute atomic E-state index is 4.58. The van der Waals surface area contributed by atoms with E-state index in [9.17, 15) is 0 Å². The van der Waals surface area contributed by atoms with Crippen LogP contribution < -0.4 is 0 Å². The summed E-state index contributed by atoms with van der Waals surface area (Å²) in [6.07, 6.45) is 5.43. The van der Waals surface area contributed by atoms with Gasteiger partial charge in [0.05, 0.1) is 0 Å². The topological polar surface area (TPSA) is 44.8 Å². The van der Waals surface area contributed by atoms with E-state index in [0.717, 1.165) is 25.2 Å². The summed E-state index contributed by atoms with van der Waals surface area (Å²) in [4.78, 5) is 7.14. The van der Waals surface area contributed by atoms with E-state index in [2.05, 4.69) is 51.3 Å². The van der Waals surface area contributed by atoms with E-state index in [4.69, 9.17) is 0 Å². The molecule has 4 heteroatoms. The Bertz CT molecular complexity index is 535. The number of nitrogens with zero attached hydrogens (tertiary/aromatic N) is 3. The molecule has 1 fully saturated rings. The zero-order valence-electron chi connectivity index (χ0n) is 12.0. The highest BCUT2D eigenvalue weighted by molar-refractivity contribution is 5.11. The molecular weight excluding hydrogens is 248 g/mol. The molecule has 1 atom stereocenters. The van der Waals surface area contributed by atoms with Crippen molar-refractivity contribution in [3.8, 4) is 0 Å². The van der Waals surface area contributed by atoms with E-state index in [1.54, 1.807) is 0 Å². The second-order valence-electron chi connectivity index (χ2n) is 5.67. The van der Waals surface area contributed by atoms with E-state index in [1.807, 2.05) is 6.20 Å². The van der Waals surface area contributed by atoms with Gasteiger partial charge in [-0.3, -0.25) is 10.1 Å². The number of aromatic nitrogens is 3. The first-order valence-electron chi connectivity index (χ1n) is 7.45. The maximum atomic E-state index is 4.58. The van der Waals surface area contributed by atoms with Crippen molar-refractivity contribution in [2.75, 3.05) is 19.6 Å². The molecule has 1 saturated heterocycles. The van der Waals surface area contributed by atoms with Gasteiger partial charge in [-0.1, -0.05) is 6.07 Å². The summed E-state index contributed by atoms with van der Waals surface area (Å²) < 4.78 is 0. The predicted molar refractivity (Wildman–Crippen MR) is 79.7 cm³/mol. The van der Waals surface area contributed by atoms with Gasteiger partial charge in [0.15, 0.2) is 0 Å². The number of nitrogens with one attached hydrogen (secondary N) is 1. The molecule has 0 aliphatic carbocycles. The van der Waals surface area contributed by atoms with E-state index in [1.165, 1.54) is 30.8 Å². The van der Waals surface area contributed by atoms with Crippen LogP contribution >= 0.6 is 0 Å². The number of likely N-dealkylation sites (tertiary alicyclic amines) is 1. The van der Waals surface area contributed by atoms with Crippen LogP contribution in [0.5, 0.6) is 0 Å². The van der Waals surface area contributed by atoms with Crippen LogP contribution in [0.3, 0.4) is 0 Å². The largest absolute Gasteiger partial charge is 0.302 e. The standard InChI is InChI=1S/C16H22N4/c1-13-4-2-6-15(18-13)8-11-20-10-3-5-14(12-20)16-7-9-17-19-16/h2,4,6-7,9,14H,3,5,8,10-12H2,1H3,(H,17,19). The highest BCUT2D eigenvalue weighted by atomic mass is 15.1. The predicted octanol–water partition coefficient (Wildman–Crippen LogP) is 2.54. The smallest absolute Gasteiger partial charge is 0.0490 e. The van der Waals surface area contributed by atoms with Crippen LogP contribution in [-0.2, 0) is 6.42 Å². The molecule has 2 aromatic rings. The van der Waals surface area contributed by atoms with Crippen molar-refractivity contribution in [3.63, 3.8) is 0 Å². The molecule has 0 saturated carbocycles. The van der Waals surface area contributed by atoms with Gasteiger partial charge in [-0.2, -0.15) is 5.10 Å². The first kappa shape index (κ1) is 13.3. The lowest BCUT2D eigenvalue weighted by Gasteiger charge is -2.32. The van der Waals surface area contributed by atoms with Crippen LogP contribution in [0.1, 0.15) is 35.8 Å². The van der Waals surface area contributed by atoms with Gasteiger partial charge in [-0.05, 0) is 44.5 Å². The van der Waals surface area contributed by atoms with Crippen LogP contribution in [0.4, 0.5) is 0 Å². The molecule has 0 amide bonds. The first-order valence-corrected chi connectivity index (χ1v) is 7.45. The quantitative estimate of drug-likeness (QED) is 0.928. The number of hydrogen-bond acceptors (Lipinski definition) is 3. The summed E-state index contributed by atoms with van der Waals surface area (Å²) >= 11 is 0. The van der Waals surface area contributed by atoms with Gasteiger partial charge in [0.2, 0.25) is 0 Å². The van der Waals surface area contributed by atoms with Crippen LogP contribution in [0.15, 0.2) is 30.5 Å². The first-order chi connectivity index (χ1) is 9.81. The van der Waals surface area contributed by atoms with Gasteiger partial charge in [-0.25, -0.2) is 0 Å². The lowest BCUT2D eigenvalue weighted by atomic mass is 9.95. The Morgan fingerprint density at radius 1 is 1.35 bits per heavy atom. The molecule has 1 unspecified atom stereocenters. The van der Waals surface area contributed by atoms with Gasteiger partial charge >= 0.3 is 0 Å². The number of aryl methyl sites for hydroxylation is 1. The summed E-state index contributed by atoms with van der Waals surface area (Å²) in [5.41, 5.74) is 3.59. The minimum Gasteiger partial charge on any atom is -0.302 e. The summed E-state index contributed by atoms with van der Waals surface area (Å²) in [7, 11) is 0.